The molecular formula is C15H23ClN4. The Hall–Kier alpha value is -1.36. The quantitative estimate of drug-likeness (QED) is 0.887. The van der Waals surface area contributed by atoms with Gasteiger partial charge in [0.25, 0.3) is 0 Å². The molecule has 4 nitrogen and oxygen atoms in total. The van der Waals surface area contributed by atoms with Crippen LogP contribution in [0, 0.1) is 6.92 Å². The Balaban J connectivity index is 0.00000200. The van der Waals surface area contributed by atoms with Crippen LogP contribution in [0.15, 0.2) is 36.5 Å². The van der Waals surface area contributed by atoms with Gasteiger partial charge in [-0.2, -0.15) is 5.10 Å². The summed E-state index contributed by atoms with van der Waals surface area (Å²) in [4.78, 5) is 2.29. The van der Waals surface area contributed by atoms with Crippen molar-refractivity contribution in [1.82, 2.24) is 20.0 Å². The first-order valence-corrected chi connectivity index (χ1v) is 6.64. The number of para-hydroxylation sites is 1. The first-order chi connectivity index (χ1) is 9.22. The van der Waals surface area contributed by atoms with Crippen LogP contribution in [0.3, 0.4) is 0 Å². The molecule has 1 N–H and O–H groups in total. The van der Waals surface area contributed by atoms with Gasteiger partial charge in [0.1, 0.15) is 0 Å². The van der Waals surface area contributed by atoms with Crippen LogP contribution >= 0.6 is 12.4 Å². The molecule has 0 spiro atoms. The number of nitrogens with one attached hydrogen (secondary N) is 1. The van der Waals surface area contributed by atoms with Gasteiger partial charge in [-0.05, 0) is 38.7 Å². The Morgan fingerprint density at radius 2 is 2.00 bits per heavy atom. The van der Waals surface area contributed by atoms with Crippen LogP contribution in [0.25, 0.3) is 5.69 Å². The molecule has 1 aromatic carbocycles. The third-order valence-electron chi connectivity index (χ3n) is 3.24. The third kappa shape index (κ3) is 4.07. The van der Waals surface area contributed by atoms with Crippen molar-refractivity contribution in [1.29, 1.82) is 0 Å². The fraction of sp³-hybridized carbons (Fsp3) is 0.400. The van der Waals surface area contributed by atoms with Gasteiger partial charge in [-0.25, -0.2) is 4.68 Å². The van der Waals surface area contributed by atoms with Gasteiger partial charge < -0.3 is 5.32 Å². The van der Waals surface area contributed by atoms with E-state index in [0.717, 1.165) is 25.3 Å². The van der Waals surface area contributed by atoms with E-state index in [9.17, 15) is 0 Å². The van der Waals surface area contributed by atoms with Crippen molar-refractivity contribution in [2.24, 2.45) is 0 Å². The van der Waals surface area contributed by atoms with Crippen LogP contribution in [0.1, 0.15) is 11.3 Å². The van der Waals surface area contributed by atoms with Crippen LogP contribution in [0.4, 0.5) is 0 Å². The molecule has 20 heavy (non-hydrogen) atoms. The molecule has 1 aromatic heterocycles. The van der Waals surface area contributed by atoms with Gasteiger partial charge in [0, 0.05) is 25.8 Å². The lowest BCUT2D eigenvalue weighted by Crippen LogP contribution is -2.27. The summed E-state index contributed by atoms with van der Waals surface area (Å²) >= 11 is 0. The van der Waals surface area contributed by atoms with Crippen molar-refractivity contribution < 1.29 is 0 Å². The van der Waals surface area contributed by atoms with Crippen molar-refractivity contribution in [3.05, 3.63) is 47.8 Å². The lowest BCUT2D eigenvalue weighted by atomic mass is 10.2. The van der Waals surface area contributed by atoms with Gasteiger partial charge in [-0.3, -0.25) is 4.90 Å². The smallest absolute Gasteiger partial charge is 0.0678 e. The number of aromatic nitrogens is 2. The van der Waals surface area contributed by atoms with Crippen LogP contribution in [-0.2, 0) is 6.54 Å². The number of rotatable bonds is 6. The maximum absolute atomic E-state index is 4.45. The zero-order valence-electron chi connectivity index (χ0n) is 12.3. The maximum atomic E-state index is 4.45. The molecule has 0 radical (unpaired) electrons. The van der Waals surface area contributed by atoms with E-state index < -0.39 is 0 Å². The van der Waals surface area contributed by atoms with Gasteiger partial charge in [0.2, 0.25) is 0 Å². The number of hydrogen-bond donors (Lipinski definition) is 1. The average molecular weight is 295 g/mol. The normalized spacial score (nSPS) is 10.6. The molecule has 2 rings (SSSR count). The highest BCUT2D eigenvalue weighted by atomic mass is 35.5. The fourth-order valence-corrected chi connectivity index (χ4v) is 2.13. The van der Waals surface area contributed by atoms with E-state index in [4.69, 9.17) is 0 Å². The van der Waals surface area contributed by atoms with Crippen LogP contribution < -0.4 is 5.32 Å². The molecule has 2 aromatic rings. The summed E-state index contributed by atoms with van der Waals surface area (Å²) < 4.78 is 2.03. The lowest BCUT2D eigenvalue weighted by molar-refractivity contribution is 0.321. The fourth-order valence-electron chi connectivity index (χ4n) is 2.13. The summed E-state index contributed by atoms with van der Waals surface area (Å²) in [6.45, 7) is 5.03. The number of aryl methyl sites for hydroxylation is 1. The monoisotopic (exact) mass is 294 g/mol. The minimum atomic E-state index is 0. The molecule has 0 aliphatic heterocycles. The van der Waals surface area contributed by atoms with E-state index in [1.807, 2.05) is 17.9 Å². The molecule has 0 bridgehead atoms. The predicted octanol–water partition coefficient (Wildman–Crippen LogP) is 2.25. The second kappa shape index (κ2) is 8.04. The zero-order chi connectivity index (χ0) is 13.7. The van der Waals surface area contributed by atoms with E-state index in [1.54, 1.807) is 0 Å². The molecule has 110 valence electrons. The number of benzene rings is 1. The van der Waals surface area contributed by atoms with Crippen molar-refractivity contribution in [2.75, 3.05) is 27.2 Å². The Bertz CT molecular complexity index is 524. The molecule has 0 aliphatic carbocycles. The third-order valence-corrected chi connectivity index (χ3v) is 3.24. The number of halogens is 1. The molecule has 0 saturated heterocycles. The van der Waals surface area contributed by atoms with Crippen molar-refractivity contribution >= 4 is 12.4 Å². The van der Waals surface area contributed by atoms with E-state index in [-0.39, 0.29) is 12.4 Å². The molecular weight excluding hydrogens is 272 g/mol. The number of hydrogen-bond acceptors (Lipinski definition) is 3. The molecule has 0 saturated carbocycles. The summed E-state index contributed by atoms with van der Waals surface area (Å²) in [5, 5.41) is 7.62. The van der Waals surface area contributed by atoms with Gasteiger partial charge in [0.05, 0.1) is 11.4 Å². The van der Waals surface area contributed by atoms with Gasteiger partial charge in [0.15, 0.2) is 0 Å². The first kappa shape index (κ1) is 16.7. The average Bonchev–Trinajstić information content (AvgIpc) is 2.85. The molecule has 0 atom stereocenters. The van der Waals surface area contributed by atoms with Gasteiger partial charge in [-0.15, -0.1) is 12.4 Å². The highest BCUT2D eigenvalue weighted by molar-refractivity contribution is 5.85. The second-order valence-corrected chi connectivity index (χ2v) is 4.86. The van der Waals surface area contributed by atoms with E-state index >= 15 is 0 Å². The van der Waals surface area contributed by atoms with Crippen LogP contribution in [0.2, 0.25) is 0 Å². The molecule has 0 amide bonds. The summed E-state index contributed by atoms with van der Waals surface area (Å²) in [5.74, 6) is 0. The van der Waals surface area contributed by atoms with Crippen LogP contribution in [0.5, 0.6) is 0 Å². The van der Waals surface area contributed by atoms with E-state index in [1.165, 1.54) is 11.3 Å². The summed E-state index contributed by atoms with van der Waals surface area (Å²) in [7, 11) is 4.11. The predicted molar refractivity (Wildman–Crippen MR) is 85.8 cm³/mol. The highest BCUT2D eigenvalue weighted by Crippen LogP contribution is 2.15. The summed E-state index contributed by atoms with van der Waals surface area (Å²) in [6, 6.07) is 10.4. The Labute approximate surface area is 127 Å². The maximum Gasteiger partial charge on any atom is 0.0678 e. The zero-order valence-corrected chi connectivity index (χ0v) is 13.2. The lowest BCUT2D eigenvalue weighted by Gasteiger charge is -2.17. The molecule has 1 heterocycles. The second-order valence-electron chi connectivity index (χ2n) is 4.86. The van der Waals surface area contributed by atoms with Crippen molar-refractivity contribution in [3.63, 3.8) is 0 Å². The number of nitrogens with zero attached hydrogens (tertiary/aromatic N) is 3. The van der Waals surface area contributed by atoms with Crippen molar-refractivity contribution in [2.45, 2.75) is 13.5 Å². The van der Waals surface area contributed by atoms with Crippen molar-refractivity contribution in [3.8, 4) is 5.69 Å². The Morgan fingerprint density at radius 1 is 1.25 bits per heavy atom. The minimum Gasteiger partial charge on any atom is -0.318 e. The molecule has 0 unspecified atom stereocenters. The molecule has 5 heteroatoms. The van der Waals surface area contributed by atoms with Gasteiger partial charge in [-0.1, -0.05) is 18.2 Å². The topological polar surface area (TPSA) is 33.1 Å². The standard InChI is InChI=1S/C15H22N4.ClH/c1-13-6-4-5-7-15(13)19-14(8-9-17-19)12-18(3)11-10-16-2;/h4-9,16H,10-12H2,1-3H3;1H. The largest absolute Gasteiger partial charge is 0.318 e. The Morgan fingerprint density at radius 3 is 2.70 bits per heavy atom. The summed E-state index contributed by atoms with van der Waals surface area (Å²) in [6.07, 6.45) is 1.87. The summed E-state index contributed by atoms with van der Waals surface area (Å²) in [5.41, 5.74) is 3.61. The Kier molecular flexibility index (Phi) is 6.71. The van der Waals surface area contributed by atoms with Crippen LogP contribution in [-0.4, -0.2) is 41.9 Å². The highest BCUT2D eigenvalue weighted by Gasteiger charge is 2.09. The van der Waals surface area contributed by atoms with Gasteiger partial charge >= 0.3 is 0 Å². The minimum absolute atomic E-state index is 0. The van der Waals surface area contributed by atoms with E-state index in [0.29, 0.717) is 0 Å². The first-order valence-electron chi connectivity index (χ1n) is 6.64. The number of likely N-dealkylation sites (N-methyl/N-ethyl adjacent to an activating group) is 2. The van der Waals surface area contributed by atoms with E-state index in [2.05, 4.69) is 59.6 Å². The molecule has 0 aliphatic rings. The SMILES string of the molecule is CNCCN(C)Cc1ccnn1-c1ccccc1C.Cl. The molecule has 0 fully saturated rings.